The van der Waals surface area contributed by atoms with Gasteiger partial charge in [-0.3, -0.25) is 4.79 Å². The molecule has 1 N–H and O–H groups in total. The van der Waals surface area contributed by atoms with Crippen LogP contribution in [0.1, 0.15) is 30.4 Å². The molecule has 1 fully saturated rings. The fourth-order valence-electron chi connectivity index (χ4n) is 2.96. The van der Waals surface area contributed by atoms with Gasteiger partial charge in [0.05, 0.1) is 6.42 Å². The first-order valence-corrected chi connectivity index (χ1v) is 8.91. The van der Waals surface area contributed by atoms with Crippen LogP contribution in [0, 0.1) is 5.82 Å². The summed E-state index contributed by atoms with van der Waals surface area (Å²) in [5.74, 6) is 0.246. The number of amides is 1. The fraction of sp³-hybridized carbons (Fsp3) is 0.368. The maximum atomic E-state index is 13.7. The van der Waals surface area contributed by atoms with Crippen molar-refractivity contribution in [1.82, 2.24) is 10.3 Å². The Morgan fingerprint density at radius 3 is 2.68 bits per heavy atom. The molecule has 6 heteroatoms. The van der Waals surface area contributed by atoms with Crippen LogP contribution >= 0.6 is 11.6 Å². The van der Waals surface area contributed by atoms with Gasteiger partial charge in [0.1, 0.15) is 11.6 Å². The van der Waals surface area contributed by atoms with E-state index < -0.39 is 5.82 Å². The molecule has 3 rings (SSSR count). The van der Waals surface area contributed by atoms with E-state index in [1.54, 1.807) is 12.3 Å². The molecule has 1 aromatic heterocycles. The van der Waals surface area contributed by atoms with E-state index in [1.165, 1.54) is 31.4 Å². The Balaban J connectivity index is 1.53. The highest BCUT2D eigenvalue weighted by molar-refractivity contribution is 6.31. The van der Waals surface area contributed by atoms with Crippen molar-refractivity contribution in [2.45, 2.75) is 32.2 Å². The van der Waals surface area contributed by atoms with Crippen LogP contribution in [0.4, 0.5) is 10.2 Å². The average Bonchev–Trinajstić information content (AvgIpc) is 2.64. The van der Waals surface area contributed by atoms with Crippen molar-refractivity contribution in [3.8, 4) is 0 Å². The lowest BCUT2D eigenvalue weighted by Crippen LogP contribution is -2.30. The number of nitrogens with one attached hydrogen (secondary N) is 1. The normalized spacial score (nSPS) is 14.4. The largest absolute Gasteiger partial charge is 0.357 e. The SMILES string of the molecule is O=C(Cc1c(F)cccc1Cl)NCc1ccc(N2CCCCC2)nc1. The molecule has 0 bridgehead atoms. The molecule has 132 valence electrons. The third-order valence-electron chi connectivity index (χ3n) is 4.38. The third-order valence-corrected chi connectivity index (χ3v) is 4.73. The van der Waals surface area contributed by atoms with E-state index in [4.69, 9.17) is 11.6 Å². The molecule has 0 aliphatic carbocycles. The summed E-state index contributed by atoms with van der Waals surface area (Å²) in [5, 5.41) is 3.05. The van der Waals surface area contributed by atoms with Crippen LogP contribution in [0.3, 0.4) is 0 Å². The Morgan fingerprint density at radius 2 is 2.00 bits per heavy atom. The van der Waals surface area contributed by atoms with Gasteiger partial charge >= 0.3 is 0 Å². The number of pyridine rings is 1. The molecule has 4 nitrogen and oxygen atoms in total. The van der Waals surface area contributed by atoms with Crippen LogP contribution in [-0.2, 0) is 17.8 Å². The summed E-state index contributed by atoms with van der Waals surface area (Å²) in [4.78, 5) is 18.8. The first-order chi connectivity index (χ1) is 12.1. The predicted molar refractivity (Wildman–Crippen MR) is 97.3 cm³/mol. The minimum atomic E-state index is -0.463. The highest BCUT2D eigenvalue weighted by Gasteiger charge is 2.13. The molecule has 1 aromatic carbocycles. The van der Waals surface area contributed by atoms with E-state index in [2.05, 4.69) is 15.2 Å². The number of nitrogens with zero attached hydrogens (tertiary/aromatic N) is 2. The van der Waals surface area contributed by atoms with E-state index in [1.807, 2.05) is 12.1 Å². The van der Waals surface area contributed by atoms with Crippen LogP contribution in [0.15, 0.2) is 36.5 Å². The van der Waals surface area contributed by atoms with Crippen molar-refractivity contribution in [2.24, 2.45) is 0 Å². The first-order valence-electron chi connectivity index (χ1n) is 8.53. The molecule has 0 spiro atoms. The molecular formula is C19H21ClFN3O. The van der Waals surface area contributed by atoms with Crippen molar-refractivity contribution in [3.05, 3.63) is 58.5 Å². The maximum absolute atomic E-state index is 13.7. The number of hydrogen-bond acceptors (Lipinski definition) is 3. The van der Waals surface area contributed by atoms with Gasteiger partial charge in [0.15, 0.2) is 0 Å². The van der Waals surface area contributed by atoms with E-state index in [0.717, 1.165) is 24.5 Å². The fourth-order valence-corrected chi connectivity index (χ4v) is 3.19. The maximum Gasteiger partial charge on any atom is 0.224 e. The summed E-state index contributed by atoms with van der Waals surface area (Å²) in [6.07, 6.45) is 5.40. The van der Waals surface area contributed by atoms with Gasteiger partial charge in [-0.25, -0.2) is 9.37 Å². The summed E-state index contributed by atoms with van der Waals surface area (Å²) in [7, 11) is 0. The lowest BCUT2D eigenvalue weighted by molar-refractivity contribution is -0.120. The highest BCUT2D eigenvalue weighted by Crippen LogP contribution is 2.20. The number of carbonyl (C=O) groups is 1. The van der Waals surface area contributed by atoms with Gasteiger partial charge < -0.3 is 10.2 Å². The molecule has 0 atom stereocenters. The van der Waals surface area contributed by atoms with Crippen LogP contribution < -0.4 is 10.2 Å². The number of anilines is 1. The lowest BCUT2D eigenvalue weighted by Gasteiger charge is -2.27. The van der Waals surface area contributed by atoms with E-state index >= 15 is 0 Å². The van der Waals surface area contributed by atoms with Gasteiger partial charge in [0.25, 0.3) is 0 Å². The summed E-state index contributed by atoms with van der Waals surface area (Å²) < 4.78 is 13.7. The number of aromatic nitrogens is 1. The van der Waals surface area contributed by atoms with E-state index in [0.29, 0.717) is 6.54 Å². The number of halogens is 2. The Labute approximate surface area is 152 Å². The monoisotopic (exact) mass is 361 g/mol. The van der Waals surface area contributed by atoms with Gasteiger partial charge in [0, 0.05) is 36.4 Å². The summed E-state index contributed by atoms with van der Waals surface area (Å²) >= 11 is 5.95. The van der Waals surface area contributed by atoms with Crippen molar-refractivity contribution in [3.63, 3.8) is 0 Å². The molecule has 1 saturated heterocycles. The average molecular weight is 362 g/mol. The Bertz CT molecular complexity index is 710. The lowest BCUT2D eigenvalue weighted by atomic mass is 10.1. The summed E-state index contributed by atoms with van der Waals surface area (Å²) in [6, 6.07) is 8.36. The molecule has 0 unspecified atom stereocenters. The van der Waals surface area contributed by atoms with E-state index in [9.17, 15) is 9.18 Å². The molecule has 1 amide bonds. The minimum Gasteiger partial charge on any atom is -0.357 e. The van der Waals surface area contributed by atoms with Crippen LogP contribution in [0.5, 0.6) is 0 Å². The molecule has 1 aliphatic rings. The quantitative estimate of drug-likeness (QED) is 0.882. The van der Waals surface area contributed by atoms with Crippen LogP contribution in [0.2, 0.25) is 5.02 Å². The van der Waals surface area contributed by atoms with Gasteiger partial charge in [-0.1, -0.05) is 23.7 Å². The number of piperidine rings is 1. The Morgan fingerprint density at radius 1 is 1.20 bits per heavy atom. The van der Waals surface area contributed by atoms with Gasteiger partial charge in [-0.15, -0.1) is 0 Å². The van der Waals surface area contributed by atoms with Crippen LogP contribution in [-0.4, -0.2) is 24.0 Å². The Hall–Kier alpha value is -2.14. The zero-order valence-corrected chi connectivity index (χ0v) is 14.7. The second-order valence-corrected chi connectivity index (χ2v) is 6.63. The van der Waals surface area contributed by atoms with Crippen LogP contribution in [0.25, 0.3) is 0 Å². The van der Waals surface area contributed by atoms with Gasteiger partial charge in [-0.05, 0) is 43.0 Å². The predicted octanol–water partition coefficient (Wildman–Crippen LogP) is 3.72. The number of carbonyl (C=O) groups excluding carboxylic acids is 1. The Kier molecular flexibility index (Phi) is 5.87. The number of hydrogen-bond donors (Lipinski definition) is 1. The number of rotatable bonds is 5. The van der Waals surface area contributed by atoms with E-state index in [-0.39, 0.29) is 22.9 Å². The molecule has 0 radical (unpaired) electrons. The highest BCUT2D eigenvalue weighted by atomic mass is 35.5. The number of benzene rings is 1. The first kappa shape index (κ1) is 17.7. The van der Waals surface area contributed by atoms with Gasteiger partial charge in [-0.2, -0.15) is 0 Å². The van der Waals surface area contributed by atoms with Crippen molar-refractivity contribution in [2.75, 3.05) is 18.0 Å². The molecule has 0 saturated carbocycles. The zero-order valence-electron chi connectivity index (χ0n) is 14.0. The van der Waals surface area contributed by atoms with Gasteiger partial charge in [0.2, 0.25) is 5.91 Å². The standard InChI is InChI=1S/C19H21ClFN3O/c20-16-5-4-6-17(21)15(16)11-19(25)23-13-14-7-8-18(22-12-14)24-9-2-1-3-10-24/h4-8,12H,1-3,9-11,13H2,(H,23,25). The van der Waals surface area contributed by atoms with Crippen molar-refractivity contribution in [1.29, 1.82) is 0 Å². The minimum absolute atomic E-state index is 0.0786. The topological polar surface area (TPSA) is 45.2 Å². The molecule has 2 heterocycles. The zero-order chi connectivity index (χ0) is 17.6. The molecule has 2 aromatic rings. The molecule has 25 heavy (non-hydrogen) atoms. The second kappa shape index (κ2) is 8.30. The molecular weight excluding hydrogens is 341 g/mol. The third kappa shape index (κ3) is 4.69. The van der Waals surface area contributed by atoms with Crippen molar-refractivity contribution < 1.29 is 9.18 Å². The van der Waals surface area contributed by atoms with Crippen molar-refractivity contribution >= 4 is 23.3 Å². The summed E-state index contributed by atoms with van der Waals surface area (Å²) in [6.45, 7) is 2.46. The molecule has 1 aliphatic heterocycles. The smallest absolute Gasteiger partial charge is 0.224 e. The second-order valence-electron chi connectivity index (χ2n) is 6.23. The summed E-state index contributed by atoms with van der Waals surface area (Å²) in [5.41, 5.74) is 1.13.